The second kappa shape index (κ2) is 7.39. The highest BCUT2D eigenvalue weighted by molar-refractivity contribution is 6.01. The van der Waals surface area contributed by atoms with Crippen LogP contribution in [0.5, 0.6) is 5.75 Å². The van der Waals surface area contributed by atoms with Crippen LogP contribution in [0.25, 0.3) is 22.4 Å². The maximum atomic E-state index is 12.9. The van der Waals surface area contributed by atoms with Gasteiger partial charge in [0.2, 0.25) is 5.91 Å². The molecule has 9 nitrogen and oxygen atoms in total. The number of carbonyl (C=O) groups excluding carboxylic acids is 1. The highest BCUT2D eigenvalue weighted by Gasteiger charge is 2.41. The molecule has 9 heteroatoms. The van der Waals surface area contributed by atoms with Crippen LogP contribution in [-0.2, 0) is 23.0 Å². The second-order valence-electron chi connectivity index (χ2n) is 8.88. The lowest BCUT2D eigenvalue weighted by molar-refractivity contribution is -0.118. The fourth-order valence-corrected chi connectivity index (χ4v) is 5.15. The summed E-state index contributed by atoms with van der Waals surface area (Å²) in [4.78, 5) is 14.8. The second-order valence-corrected chi connectivity index (χ2v) is 8.88. The molecule has 1 amide bonds. The van der Waals surface area contributed by atoms with E-state index in [4.69, 9.17) is 4.74 Å². The van der Waals surface area contributed by atoms with E-state index < -0.39 is 0 Å². The van der Waals surface area contributed by atoms with Gasteiger partial charge in [0.15, 0.2) is 5.82 Å². The smallest absolute Gasteiger partial charge is 0.233 e. The van der Waals surface area contributed by atoms with E-state index in [1.54, 1.807) is 16.9 Å². The van der Waals surface area contributed by atoms with Crippen molar-refractivity contribution in [3.8, 4) is 28.1 Å². The minimum absolute atomic E-state index is 0.0634. The van der Waals surface area contributed by atoms with E-state index >= 15 is 0 Å². The van der Waals surface area contributed by atoms with Gasteiger partial charge in [0.25, 0.3) is 0 Å². The number of piperidine rings is 1. The van der Waals surface area contributed by atoms with E-state index in [2.05, 4.69) is 20.6 Å². The molecular formula is C23H24N6O3. The topological polar surface area (TPSA) is 105 Å². The van der Waals surface area contributed by atoms with Gasteiger partial charge in [0, 0.05) is 48.1 Å². The molecule has 164 valence electrons. The van der Waals surface area contributed by atoms with Crippen molar-refractivity contribution in [3.63, 3.8) is 0 Å². The lowest BCUT2D eigenvalue weighted by Crippen LogP contribution is -2.59. The van der Waals surface area contributed by atoms with Crippen molar-refractivity contribution in [3.05, 3.63) is 42.2 Å². The zero-order chi connectivity index (χ0) is 21.8. The maximum Gasteiger partial charge on any atom is 0.233 e. The molecular weight excluding hydrogens is 408 g/mol. The van der Waals surface area contributed by atoms with Crippen LogP contribution in [0.15, 0.2) is 36.7 Å². The van der Waals surface area contributed by atoms with Gasteiger partial charge in [-0.2, -0.15) is 5.10 Å². The van der Waals surface area contributed by atoms with Crippen molar-refractivity contribution in [2.45, 2.75) is 37.4 Å². The highest BCUT2D eigenvalue weighted by atomic mass is 16.5. The number of aromatic hydroxyl groups is 1. The fourth-order valence-electron chi connectivity index (χ4n) is 5.15. The lowest BCUT2D eigenvalue weighted by atomic mass is 9.91. The maximum absolute atomic E-state index is 12.9. The Morgan fingerprint density at radius 2 is 1.94 bits per heavy atom. The molecule has 0 unspecified atom stereocenters. The number of nitrogens with one attached hydrogen (secondary N) is 1. The fraction of sp³-hybridized carbons (Fsp3) is 0.391. The van der Waals surface area contributed by atoms with Gasteiger partial charge in [-0.1, -0.05) is 6.07 Å². The molecule has 3 aliphatic rings. The van der Waals surface area contributed by atoms with Crippen molar-refractivity contribution in [2.24, 2.45) is 7.05 Å². The molecule has 0 aliphatic carbocycles. The molecule has 0 radical (unpaired) electrons. The standard InChI is InChI=1S/C23H24N6O3/c1-28-10-15(9-24-28)13-2-3-19(21(30)5-13)20-4-14-6-22(31)29(23(14)27-26-20)18-7-16-11-32-12-17(8-18)25-16/h2-5,9-10,16-18,25,30H,6-8,11-12H2,1H3/t16-,17+,18+. The average molecular weight is 432 g/mol. The van der Waals surface area contributed by atoms with Crippen LogP contribution in [0.4, 0.5) is 5.82 Å². The number of anilines is 1. The Labute approximate surface area is 185 Å². The van der Waals surface area contributed by atoms with Crippen LogP contribution in [0.2, 0.25) is 0 Å². The van der Waals surface area contributed by atoms with E-state index in [0.717, 1.165) is 29.5 Å². The first-order valence-corrected chi connectivity index (χ1v) is 10.9. The third-order valence-corrected chi connectivity index (χ3v) is 6.59. The molecule has 0 saturated carbocycles. The molecule has 0 spiro atoms. The molecule has 2 N–H and O–H groups in total. The number of fused-ring (bicyclic) bond motifs is 3. The van der Waals surface area contributed by atoms with Crippen LogP contribution < -0.4 is 10.2 Å². The van der Waals surface area contributed by atoms with Gasteiger partial charge in [-0.3, -0.25) is 14.4 Å². The van der Waals surface area contributed by atoms with Crippen LogP contribution in [0, 0.1) is 0 Å². The zero-order valence-electron chi connectivity index (χ0n) is 17.7. The summed E-state index contributed by atoms with van der Waals surface area (Å²) >= 11 is 0. The Balaban J connectivity index is 1.29. The Morgan fingerprint density at radius 1 is 1.12 bits per heavy atom. The zero-order valence-corrected chi connectivity index (χ0v) is 17.7. The summed E-state index contributed by atoms with van der Waals surface area (Å²) in [6, 6.07) is 7.98. The highest BCUT2D eigenvalue weighted by Crippen LogP contribution is 2.37. The molecule has 3 aliphatic heterocycles. The van der Waals surface area contributed by atoms with Crippen molar-refractivity contribution in [1.82, 2.24) is 25.3 Å². The molecule has 1 aromatic carbocycles. The van der Waals surface area contributed by atoms with Gasteiger partial charge in [-0.15, -0.1) is 10.2 Å². The SMILES string of the molecule is Cn1cc(-c2ccc(-c3cc4c(nn3)N([C@@H]3C[C@H]5COC[C@@H](C3)N5)C(=O)C4)c(O)c2)cn1. The van der Waals surface area contributed by atoms with Crippen LogP contribution in [0.3, 0.4) is 0 Å². The molecule has 2 aromatic heterocycles. The van der Waals surface area contributed by atoms with Gasteiger partial charge in [0.1, 0.15) is 5.75 Å². The van der Waals surface area contributed by atoms with E-state index in [1.807, 2.05) is 36.3 Å². The summed E-state index contributed by atoms with van der Waals surface area (Å²) in [5, 5.41) is 27.2. The number of benzene rings is 1. The molecule has 2 saturated heterocycles. The monoisotopic (exact) mass is 432 g/mol. The number of carbonyl (C=O) groups is 1. The number of rotatable bonds is 3. The molecule has 2 fully saturated rings. The number of phenols is 1. The van der Waals surface area contributed by atoms with Gasteiger partial charge in [0.05, 0.1) is 31.5 Å². The summed E-state index contributed by atoms with van der Waals surface area (Å²) in [5.74, 6) is 0.831. The van der Waals surface area contributed by atoms with E-state index in [9.17, 15) is 9.90 Å². The van der Waals surface area contributed by atoms with Gasteiger partial charge in [-0.25, -0.2) is 0 Å². The number of nitrogens with zero attached hydrogens (tertiary/aromatic N) is 5. The summed E-state index contributed by atoms with van der Waals surface area (Å²) < 4.78 is 7.36. The number of morpholine rings is 1. The Morgan fingerprint density at radius 3 is 2.66 bits per heavy atom. The van der Waals surface area contributed by atoms with Crippen molar-refractivity contribution < 1.29 is 14.6 Å². The summed E-state index contributed by atoms with van der Waals surface area (Å²) in [7, 11) is 1.85. The van der Waals surface area contributed by atoms with E-state index in [1.165, 1.54) is 0 Å². The number of ether oxygens (including phenoxy) is 1. The van der Waals surface area contributed by atoms with Gasteiger partial charge >= 0.3 is 0 Å². The third-order valence-electron chi connectivity index (χ3n) is 6.59. The number of aryl methyl sites for hydroxylation is 1. The van der Waals surface area contributed by atoms with Crippen molar-refractivity contribution in [1.29, 1.82) is 0 Å². The molecule has 6 rings (SSSR count). The number of phenolic OH excluding ortho intramolecular Hbond substituents is 1. The number of aromatic nitrogens is 4. The lowest BCUT2D eigenvalue weighted by Gasteiger charge is -2.42. The minimum atomic E-state index is 0.0634. The van der Waals surface area contributed by atoms with Crippen LogP contribution >= 0.6 is 0 Å². The van der Waals surface area contributed by atoms with Crippen molar-refractivity contribution in [2.75, 3.05) is 18.1 Å². The van der Waals surface area contributed by atoms with Gasteiger partial charge < -0.3 is 15.2 Å². The summed E-state index contributed by atoms with van der Waals surface area (Å²) in [6.45, 7) is 1.36. The largest absolute Gasteiger partial charge is 0.507 e. The average Bonchev–Trinajstić information content (AvgIpc) is 3.35. The summed E-state index contributed by atoms with van der Waals surface area (Å²) in [6.07, 6.45) is 5.65. The molecule has 32 heavy (non-hydrogen) atoms. The number of hydrogen-bond acceptors (Lipinski definition) is 7. The van der Waals surface area contributed by atoms with Crippen LogP contribution in [0.1, 0.15) is 18.4 Å². The molecule has 2 bridgehead atoms. The Kier molecular flexibility index (Phi) is 4.48. The minimum Gasteiger partial charge on any atom is -0.507 e. The first kappa shape index (κ1) is 19.4. The molecule has 5 heterocycles. The quantitative estimate of drug-likeness (QED) is 0.648. The molecule has 3 aromatic rings. The Bertz CT molecular complexity index is 1200. The predicted molar refractivity (Wildman–Crippen MR) is 117 cm³/mol. The van der Waals surface area contributed by atoms with Gasteiger partial charge in [-0.05, 0) is 36.6 Å². The first-order chi connectivity index (χ1) is 15.5. The number of hydrogen-bond donors (Lipinski definition) is 2. The first-order valence-electron chi connectivity index (χ1n) is 10.9. The normalized spacial score (nSPS) is 24.6. The third kappa shape index (κ3) is 3.25. The number of amides is 1. The summed E-state index contributed by atoms with van der Waals surface area (Å²) in [5.41, 5.74) is 3.80. The Hall–Kier alpha value is -3.30. The van der Waals surface area contributed by atoms with E-state index in [-0.39, 0.29) is 29.8 Å². The van der Waals surface area contributed by atoms with E-state index in [0.29, 0.717) is 36.7 Å². The molecule has 3 atom stereocenters. The van der Waals surface area contributed by atoms with Crippen molar-refractivity contribution >= 4 is 11.7 Å². The predicted octanol–water partition coefficient (Wildman–Crippen LogP) is 1.66. The van der Waals surface area contributed by atoms with Crippen LogP contribution in [-0.4, -0.2) is 62.3 Å².